The van der Waals surface area contributed by atoms with Crippen LogP contribution in [0.4, 0.5) is 0 Å². The lowest BCUT2D eigenvalue weighted by molar-refractivity contribution is 0.0605. The molecule has 1 fully saturated rings. The van der Waals surface area contributed by atoms with Crippen molar-refractivity contribution >= 4 is 0 Å². The van der Waals surface area contributed by atoms with Gasteiger partial charge in [0, 0.05) is 0 Å². The maximum absolute atomic E-state index is 9.84. The standard InChI is InChI=1S/C10H16O2/c1-9(11)5-8-10(12)6-3-2-4-7-10/h9,11-12H,2-4,6-7H2,1H3. The SMILES string of the molecule is CC(O)C#CC1(O)CCCCC1. The van der Waals surface area contributed by atoms with Gasteiger partial charge in [0.05, 0.1) is 0 Å². The highest BCUT2D eigenvalue weighted by Gasteiger charge is 2.26. The molecule has 12 heavy (non-hydrogen) atoms. The number of aliphatic hydroxyl groups excluding tert-OH is 1. The van der Waals surface area contributed by atoms with E-state index in [9.17, 15) is 5.11 Å². The summed E-state index contributed by atoms with van der Waals surface area (Å²) in [5.41, 5.74) is -0.810. The molecule has 0 amide bonds. The summed E-state index contributed by atoms with van der Waals surface area (Å²) in [7, 11) is 0. The minimum Gasteiger partial charge on any atom is -0.381 e. The molecule has 0 bridgehead atoms. The van der Waals surface area contributed by atoms with Crippen molar-refractivity contribution < 1.29 is 10.2 Å². The second-order valence-corrected chi connectivity index (χ2v) is 3.54. The lowest BCUT2D eigenvalue weighted by atomic mass is 9.85. The maximum Gasteiger partial charge on any atom is 0.125 e. The number of hydrogen-bond donors (Lipinski definition) is 2. The monoisotopic (exact) mass is 168 g/mol. The van der Waals surface area contributed by atoms with Crippen LogP contribution in [0.15, 0.2) is 0 Å². The van der Waals surface area contributed by atoms with Gasteiger partial charge in [-0.15, -0.1) is 0 Å². The van der Waals surface area contributed by atoms with Gasteiger partial charge in [0.1, 0.15) is 11.7 Å². The molecule has 0 spiro atoms. The maximum atomic E-state index is 9.84. The van der Waals surface area contributed by atoms with Gasteiger partial charge < -0.3 is 10.2 Å². The summed E-state index contributed by atoms with van der Waals surface area (Å²) in [4.78, 5) is 0. The molecule has 1 aliphatic carbocycles. The third kappa shape index (κ3) is 2.84. The van der Waals surface area contributed by atoms with Crippen molar-refractivity contribution in [2.75, 3.05) is 0 Å². The minimum absolute atomic E-state index is 0.629. The number of rotatable bonds is 0. The lowest BCUT2D eigenvalue weighted by Crippen LogP contribution is -2.29. The third-order valence-corrected chi connectivity index (χ3v) is 2.19. The molecule has 1 aliphatic rings. The Morgan fingerprint density at radius 3 is 2.33 bits per heavy atom. The Hall–Kier alpha value is -0.520. The molecular formula is C10H16O2. The van der Waals surface area contributed by atoms with Crippen molar-refractivity contribution in [3.8, 4) is 11.8 Å². The van der Waals surface area contributed by atoms with Crippen molar-refractivity contribution in [3.05, 3.63) is 0 Å². The van der Waals surface area contributed by atoms with E-state index in [2.05, 4.69) is 11.8 Å². The van der Waals surface area contributed by atoms with Crippen molar-refractivity contribution in [1.29, 1.82) is 0 Å². The van der Waals surface area contributed by atoms with Crippen LogP contribution in [0, 0.1) is 11.8 Å². The fraction of sp³-hybridized carbons (Fsp3) is 0.800. The average Bonchev–Trinajstić information content (AvgIpc) is 2.03. The highest BCUT2D eigenvalue weighted by Crippen LogP contribution is 2.27. The molecule has 0 aromatic heterocycles. The Kier molecular flexibility index (Phi) is 3.13. The summed E-state index contributed by atoms with van der Waals surface area (Å²) in [6.07, 6.45) is 4.17. The van der Waals surface area contributed by atoms with Crippen LogP contribution in [-0.4, -0.2) is 21.9 Å². The van der Waals surface area contributed by atoms with E-state index in [0.29, 0.717) is 0 Å². The first-order valence-corrected chi connectivity index (χ1v) is 4.55. The quantitative estimate of drug-likeness (QED) is 0.531. The summed E-state index contributed by atoms with van der Waals surface area (Å²) in [5, 5.41) is 18.7. The molecule has 68 valence electrons. The molecule has 0 saturated heterocycles. The van der Waals surface area contributed by atoms with E-state index in [1.807, 2.05) is 0 Å². The van der Waals surface area contributed by atoms with Crippen LogP contribution in [0.25, 0.3) is 0 Å². The van der Waals surface area contributed by atoms with E-state index in [1.165, 1.54) is 6.42 Å². The van der Waals surface area contributed by atoms with E-state index in [0.717, 1.165) is 25.7 Å². The van der Waals surface area contributed by atoms with Crippen LogP contribution < -0.4 is 0 Å². The van der Waals surface area contributed by atoms with E-state index in [4.69, 9.17) is 5.11 Å². The first-order valence-electron chi connectivity index (χ1n) is 4.55. The van der Waals surface area contributed by atoms with Gasteiger partial charge in [-0.2, -0.15) is 0 Å². The minimum atomic E-state index is -0.810. The van der Waals surface area contributed by atoms with E-state index >= 15 is 0 Å². The van der Waals surface area contributed by atoms with Crippen LogP contribution in [0.3, 0.4) is 0 Å². The molecule has 1 unspecified atom stereocenters. The molecule has 0 aromatic carbocycles. The van der Waals surface area contributed by atoms with Gasteiger partial charge in [0.2, 0.25) is 0 Å². The summed E-state index contributed by atoms with van der Waals surface area (Å²) >= 11 is 0. The van der Waals surface area contributed by atoms with Gasteiger partial charge in [0.25, 0.3) is 0 Å². The lowest BCUT2D eigenvalue weighted by Gasteiger charge is -2.26. The zero-order valence-corrected chi connectivity index (χ0v) is 7.51. The molecular weight excluding hydrogens is 152 g/mol. The van der Waals surface area contributed by atoms with Crippen LogP contribution in [0.2, 0.25) is 0 Å². The number of aliphatic hydroxyl groups is 2. The Bertz CT molecular complexity index is 192. The van der Waals surface area contributed by atoms with Gasteiger partial charge >= 0.3 is 0 Å². The fourth-order valence-electron chi connectivity index (χ4n) is 1.50. The molecule has 1 rings (SSSR count). The summed E-state index contributed by atoms with van der Waals surface area (Å²) in [5.74, 6) is 5.36. The zero-order chi connectivity index (χ0) is 9.03. The van der Waals surface area contributed by atoms with Crippen LogP contribution in [-0.2, 0) is 0 Å². The second kappa shape index (κ2) is 3.93. The summed E-state index contributed by atoms with van der Waals surface area (Å²) in [6.45, 7) is 1.61. The molecule has 2 heteroatoms. The largest absolute Gasteiger partial charge is 0.381 e. The van der Waals surface area contributed by atoms with E-state index < -0.39 is 11.7 Å². The Labute approximate surface area is 73.6 Å². The molecule has 2 nitrogen and oxygen atoms in total. The fourth-order valence-corrected chi connectivity index (χ4v) is 1.50. The number of hydrogen-bond acceptors (Lipinski definition) is 2. The Morgan fingerprint density at radius 2 is 1.83 bits per heavy atom. The van der Waals surface area contributed by atoms with Crippen molar-refractivity contribution in [2.24, 2.45) is 0 Å². The first kappa shape index (κ1) is 9.57. The van der Waals surface area contributed by atoms with Crippen LogP contribution in [0.5, 0.6) is 0 Å². The van der Waals surface area contributed by atoms with Crippen molar-refractivity contribution in [1.82, 2.24) is 0 Å². The Morgan fingerprint density at radius 1 is 1.25 bits per heavy atom. The first-order chi connectivity index (χ1) is 5.62. The highest BCUT2D eigenvalue weighted by atomic mass is 16.3. The molecule has 1 saturated carbocycles. The van der Waals surface area contributed by atoms with E-state index in [1.54, 1.807) is 6.92 Å². The van der Waals surface area contributed by atoms with Gasteiger partial charge in [-0.05, 0) is 32.6 Å². The molecule has 2 N–H and O–H groups in total. The van der Waals surface area contributed by atoms with Crippen molar-refractivity contribution in [2.45, 2.75) is 50.7 Å². The highest BCUT2D eigenvalue weighted by molar-refractivity contribution is 5.16. The Balaban J connectivity index is 2.53. The van der Waals surface area contributed by atoms with Gasteiger partial charge in [-0.1, -0.05) is 18.3 Å². The topological polar surface area (TPSA) is 40.5 Å². The zero-order valence-electron chi connectivity index (χ0n) is 7.51. The molecule has 0 heterocycles. The summed E-state index contributed by atoms with van der Waals surface area (Å²) in [6, 6.07) is 0. The predicted molar refractivity (Wildman–Crippen MR) is 47.5 cm³/mol. The smallest absolute Gasteiger partial charge is 0.125 e. The van der Waals surface area contributed by atoms with Crippen LogP contribution >= 0.6 is 0 Å². The predicted octanol–water partition coefficient (Wildman–Crippen LogP) is 1.07. The third-order valence-electron chi connectivity index (χ3n) is 2.19. The molecule has 0 aromatic rings. The van der Waals surface area contributed by atoms with Crippen LogP contribution in [0.1, 0.15) is 39.0 Å². The molecule has 1 atom stereocenters. The van der Waals surface area contributed by atoms with Gasteiger partial charge in [-0.3, -0.25) is 0 Å². The molecule has 0 aliphatic heterocycles. The van der Waals surface area contributed by atoms with Gasteiger partial charge in [-0.25, -0.2) is 0 Å². The molecule has 0 radical (unpaired) electrons. The summed E-state index contributed by atoms with van der Waals surface area (Å²) < 4.78 is 0. The normalized spacial score (nSPS) is 23.9. The van der Waals surface area contributed by atoms with Crippen molar-refractivity contribution in [3.63, 3.8) is 0 Å². The van der Waals surface area contributed by atoms with Gasteiger partial charge in [0.15, 0.2) is 0 Å². The van der Waals surface area contributed by atoms with E-state index in [-0.39, 0.29) is 0 Å². The second-order valence-electron chi connectivity index (χ2n) is 3.54. The average molecular weight is 168 g/mol.